The quantitative estimate of drug-likeness (QED) is 0.706. The summed E-state index contributed by atoms with van der Waals surface area (Å²) in [5, 5.41) is 7.79. The van der Waals surface area contributed by atoms with E-state index in [1.54, 1.807) is 0 Å². The Bertz CT molecular complexity index is 952. The van der Waals surface area contributed by atoms with Crippen LogP contribution in [0.4, 0.5) is 0 Å². The van der Waals surface area contributed by atoms with Gasteiger partial charge in [-0.05, 0) is 32.2 Å². The molecule has 0 radical (unpaired) electrons. The van der Waals surface area contributed by atoms with Crippen molar-refractivity contribution in [2.24, 2.45) is 0 Å². The highest BCUT2D eigenvalue weighted by atomic mass is 32.2. The van der Waals surface area contributed by atoms with Gasteiger partial charge in [0, 0.05) is 11.6 Å². The van der Waals surface area contributed by atoms with Crippen molar-refractivity contribution in [3.05, 3.63) is 41.8 Å². The third-order valence-electron chi connectivity index (χ3n) is 3.97. The smallest absolute Gasteiger partial charge is 0.272 e. The van der Waals surface area contributed by atoms with Gasteiger partial charge in [-0.1, -0.05) is 43.8 Å². The lowest BCUT2D eigenvalue weighted by molar-refractivity contribution is 0.0904. The molecule has 0 aliphatic rings. The number of pyridine rings is 1. The molecule has 0 atom stereocenters. The number of hydrogen-bond donors (Lipinski definition) is 1. The van der Waals surface area contributed by atoms with E-state index in [1.165, 1.54) is 11.8 Å². The summed E-state index contributed by atoms with van der Waals surface area (Å²) in [4.78, 5) is 21.8. The van der Waals surface area contributed by atoms with Crippen molar-refractivity contribution in [3.63, 3.8) is 0 Å². The van der Waals surface area contributed by atoms with Crippen molar-refractivity contribution in [2.45, 2.75) is 50.7 Å². The maximum atomic E-state index is 12.9. The molecule has 1 amide bonds. The fraction of sp³-hybridized carbons (Fsp3) is 0.444. The van der Waals surface area contributed by atoms with Crippen LogP contribution in [0.25, 0.3) is 5.52 Å². The maximum Gasteiger partial charge on any atom is 0.272 e. The molecule has 0 unspecified atom stereocenters. The summed E-state index contributed by atoms with van der Waals surface area (Å²) in [6, 6.07) is 5.67. The lowest BCUT2D eigenvalue weighted by Gasteiger charge is -2.22. The molecular formula is C18H23N5O2S. The average molecular weight is 373 g/mol. The molecule has 0 spiro atoms. The first-order valence-corrected chi connectivity index (χ1v) is 9.54. The first-order valence-electron chi connectivity index (χ1n) is 8.32. The second-order valence-corrected chi connectivity index (χ2v) is 8.43. The van der Waals surface area contributed by atoms with Crippen LogP contribution in [-0.2, 0) is 11.0 Å². The minimum Gasteiger partial charge on any atom is -0.339 e. The molecule has 0 saturated heterocycles. The zero-order valence-electron chi connectivity index (χ0n) is 15.8. The fourth-order valence-electron chi connectivity index (χ4n) is 2.50. The predicted octanol–water partition coefficient (Wildman–Crippen LogP) is 3.40. The molecule has 3 aromatic rings. The van der Waals surface area contributed by atoms with Gasteiger partial charge in [0.15, 0.2) is 16.7 Å². The molecule has 8 heteroatoms. The van der Waals surface area contributed by atoms with Gasteiger partial charge < -0.3 is 9.84 Å². The van der Waals surface area contributed by atoms with Crippen LogP contribution in [0.1, 0.15) is 56.8 Å². The van der Waals surface area contributed by atoms with E-state index in [1.807, 2.05) is 69.7 Å². The van der Waals surface area contributed by atoms with Gasteiger partial charge in [0.25, 0.3) is 5.91 Å². The van der Waals surface area contributed by atoms with Gasteiger partial charge in [-0.2, -0.15) is 4.98 Å². The van der Waals surface area contributed by atoms with E-state index in [4.69, 9.17) is 4.52 Å². The van der Waals surface area contributed by atoms with E-state index >= 15 is 0 Å². The Morgan fingerprint density at radius 2 is 1.92 bits per heavy atom. The molecule has 0 aromatic carbocycles. The molecule has 3 aromatic heterocycles. The SMILES string of the molecule is CSc1nc(C(=O)NC(C)(C)c2noc(C(C)(C)C)n2)c2ccccn12. The number of thioether (sulfide) groups is 1. The van der Waals surface area contributed by atoms with Gasteiger partial charge in [0.05, 0.1) is 11.1 Å². The molecule has 1 N–H and O–H groups in total. The fourth-order valence-corrected chi connectivity index (χ4v) is 3.04. The second kappa shape index (κ2) is 6.42. The first-order chi connectivity index (χ1) is 12.1. The number of imidazole rings is 1. The summed E-state index contributed by atoms with van der Waals surface area (Å²) in [7, 11) is 0. The van der Waals surface area contributed by atoms with Gasteiger partial charge in [0.2, 0.25) is 5.89 Å². The van der Waals surface area contributed by atoms with Gasteiger partial charge in [-0.25, -0.2) is 4.98 Å². The number of rotatable bonds is 4. The Morgan fingerprint density at radius 3 is 2.54 bits per heavy atom. The zero-order valence-corrected chi connectivity index (χ0v) is 16.6. The molecule has 0 saturated carbocycles. The highest BCUT2D eigenvalue weighted by Gasteiger charge is 2.32. The zero-order chi connectivity index (χ0) is 19.1. The Kier molecular flexibility index (Phi) is 4.56. The van der Waals surface area contributed by atoms with Crippen molar-refractivity contribution >= 4 is 23.2 Å². The average Bonchev–Trinajstić information content (AvgIpc) is 3.19. The van der Waals surface area contributed by atoms with Crippen molar-refractivity contribution in [2.75, 3.05) is 6.26 Å². The number of aromatic nitrogens is 4. The number of hydrogen-bond acceptors (Lipinski definition) is 6. The Labute approximate surface area is 156 Å². The summed E-state index contributed by atoms with van der Waals surface area (Å²) < 4.78 is 7.26. The summed E-state index contributed by atoms with van der Waals surface area (Å²) >= 11 is 1.49. The van der Waals surface area contributed by atoms with E-state index in [0.717, 1.165) is 10.7 Å². The van der Waals surface area contributed by atoms with E-state index in [-0.39, 0.29) is 11.3 Å². The van der Waals surface area contributed by atoms with Crippen LogP contribution in [0.5, 0.6) is 0 Å². The molecule has 0 aliphatic heterocycles. The second-order valence-electron chi connectivity index (χ2n) is 7.66. The maximum absolute atomic E-state index is 12.9. The van der Waals surface area contributed by atoms with Crippen LogP contribution in [0.2, 0.25) is 0 Å². The lowest BCUT2D eigenvalue weighted by atomic mass is 9.97. The van der Waals surface area contributed by atoms with Gasteiger partial charge >= 0.3 is 0 Å². The van der Waals surface area contributed by atoms with Crippen molar-refractivity contribution in [1.82, 2.24) is 24.8 Å². The third kappa shape index (κ3) is 3.33. The van der Waals surface area contributed by atoms with Crippen molar-refractivity contribution < 1.29 is 9.32 Å². The van der Waals surface area contributed by atoms with Gasteiger partial charge in [0.1, 0.15) is 0 Å². The molecule has 0 bridgehead atoms. The van der Waals surface area contributed by atoms with Crippen LogP contribution in [0.3, 0.4) is 0 Å². The number of carbonyl (C=O) groups is 1. The Hall–Kier alpha value is -2.35. The topological polar surface area (TPSA) is 85.3 Å². The number of nitrogens with one attached hydrogen (secondary N) is 1. The summed E-state index contributed by atoms with van der Waals surface area (Å²) in [6.07, 6.45) is 3.83. The molecule has 0 aliphatic carbocycles. The molecule has 0 fully saturated rings. The highest BCUT2D eigenvalue weighted by Crippen LogP contribution is 2.25. The number of amides is 1. The molecule has 3 rings (SSSR count). The molecule has 138 valence electrons. The minimum atomic E-state index is -0.797. The summed E-state index contributed by atoms with van der Waals surface area (Å²) in [6.45, 7) is 9.68. The first kappa shape index (κ1) is 18.4. The number of nitrogens with zero attached hydrogens (tertiary/aromatic N) is 4. The van der Waals surface area contributed by atoms with Crippen LogP contribution < -0.4 is 5.32 Å². The molecule has 26 heavy (non-hydrogen) atoms. The van der Waals surface area contributed by atoms with Crippen LogP contribution in [0, 0.1) is 0 Å². The van der Waals surface area contributed by atoms with Crippen LogP contribution in [0.15, 0.2) is 34.1 Å². The monoisotopic (exact) mass is 373 g/mol. The Balaban J connectivity index is 1.91. The number of fused-ring (bicyclic) bond motifs is 1. The molecule has 3 heterocycles. The lowest BCUT2D eigenvalue weighted by Crippen LogP contribution is -2.42. The minimum absolute atomic E-state index is 0.251. The van der Waals surface area contributed by atoms with Crippen LogP contribution >= 0.6 is 11.8 Å². The van der Waals surface area contributed by atoms with Crippen molar-refractivity contribution in [3.8, 4) is 0 Å². The number of carbonyl (C=O) groups excluding carboxylic acids is 1. The van der Waals surface area contributed by atoms with Gasteiger partial charge in [-0.15, -0.1) is 0 Å². The summed E-state index contributed by atoms with van der Waals surface area (Å²) in [5.74, 6) is 0.692. The third-order valence-corrected chi connectivity index (χ3v) is 4.62. The highest BCUT2D eigenvalue weighted by molar-refractivity contribution is 7.98. The van der Waals surface area contributed by atoms with E-state index < -0.39 is 5.54 Å². The predicted molar refractivity (Wildman–Crippen MR) is 100 cm³/mol. The normalized spacial score (nSPS) is 12.5. The van der Waals surface area contributed by atoms with Gasteiger partial charge in [-0.3, -0.25) is 9.20 Å². The molecule has 7 nitrogen and oxygen atoms in total. The largest absolute Gasteiger partial charge is 0.339 e. The van der Waals surface area contributed by atoms with Crippen LogP contribution in [-0.4, -0.2) is 31.7 Å². The Morgan fingerprint density at radius 1 is 1.19 bits per heavy atom. The van der Waals surface area contributed by atoms with E-state index in [0.29, 0.717) is 17.4 Å². The van der Waals surface area contributed by atoms with Crippen molar-refractivity contribution in [1.29, 1.82) is 0 Å². The molecular weight excluding hydrogens is 350 g/mol. The standard InChI is InChI=1S/C18H23N5O2S/c1-17(2,3)15-20-14(22-25-15)18(4,5)21-13(24)12-11-9-7-8-10-23(11)16(19-12)26-6/h7-10H,1-6H3,(H,21,24). The summed E-state index contributed by atoms with van der Waals surface area (Å²) in [5.41, 5.74) is 0.0868. The van der Waals surface area contributed by atoms with E-state index in [9.17, 15) is 4.79 Å². The van der Waals surface area contributed by atoms with E-state index in [2.05, 4.69) is 20.4 Å².